The fourth-order valence-corrected chi connectivity index (χ4v) is 6.38. The van der Waals surface area contributed by atoms with Crippen molar-refractivity contribution in [3.8, 4) is 0 Å². The average Bonchev–Trinajstić information content (AvgIpc) is 2.92. The third-order valence-electron chi connectivity index (χ3n) is 9.26. The molecule has 14 atom stereocenters. The molecule has 2 saturated heterocycles. The van der Waals surface area contributed by atoms with Gasteiger partial charge < -0.3 is 44.7 Å². The zero-order chi connectivity index (χ0) is 30.7. The number of nitrogens with one attached hydrogen (secondary N) is 1. The van der Waals surface area contributed by atoms with Crippen LogP contribution in [0.5, 0.6) is 0 Å². The monoisotopic (exact) mass is 575 g/mol. The van der Waals surface area contributed by atoms with Crippen molar-refractivity contribution in [3.63, 3.8) is 0 Å². The maximum Gasteiger partial charge on any atom is 0.311 e. The predicted octanol–water partition coefficient (Wildman–Crippen LogP) is 1.17. The van der Waals surface area contributed by atoms with Crippen LogP contribution in [-0.4, -0.2) is 106 Å². The van der Waals surface area contributed by atoms with Gasteiger partial charge >= 0.3 is 5.97 Å². The first-order valence-electron chi connectivity index (χ1n) is 14.5. The van der Waals surface area contributed by atoms with Crippen molar-refractivity contribution in [1.29, 1.82) is 0 Å². The number of ketones is 1. The minimum absolute atomic E-state index is 0.132. The number of carbonyl (C=O) groups excluding carboxylic acids is 2. The van der Waals surface area contributed by atoms with Crippen LogP contribution in [0.15, 0.2) is 0 Å². The molecule has 0 aromatic heterocycles. The largest absolute Gasteiger partial charge is 0.459 e. The van der Waals surface area contributed by atoms with Gasteiger partial charge in [-0.2, -0.15) is 0 Å². The average molecular weight is 576 g/mol. The van der Waals surface area contributed by atoms with Gasteiger partial charge in [-0.3, -0.25) is 9.59 Å². The van der Waals surface area contributed by atoms with E-state index in [0.717, 1.165) is 0 Å². The lowest BCUT2D eigenvalue weighted by atomic mass is 9.74. The van der Waals surface area contributed by atoms with E-state index in [1.807, 2.05) is 6.92 Å². The van der Waals surface area contributed by atoms with Gasteiger partial charge in [0.05, 0.1) is 35.9 Å². The van der Waals surface area contributed by atoms with E-state index < -0.39 is 77.7 Å². The van der Waals surface area contributed by atoms with Crippen molar-refractivity contribution in [2.24, 2.45) is 23.7 Å². The second kappa shape index (κ2) is 13.9. The molecular formula is C29H53NO10. The van der Waals surface area contributed by atoms with E-state index in [0.29, 0.717) is 6.42 Å². The summed E-state index contributed by atoms with van der Waals surface area (Å²) in [5.41, 5.74) is -3.11. The lowest BCUT2D eigenvalue weighted by Crippen LogP contribution is -2.60. The number of esters is 1. The molecule has 0 aliphatic carbocycles. The van der Waals surface area contributed by atoms with Crippen molar-refractivity contribution in [1.82, 2.24) is 5.32 Å². The third-order valence-corrected chi connectivity index (χ3v) is 9.26. The van der Waals surface area contributed by atoms with Crippen LogP contribution in [0.1, 0.15) is 74.7 Å². The van der Waals surface area contributed by atoms with E-state index in [-0.39, 0.29) is 30.8 Å². The molecule has 234 valence electrons. The van der Waals surface area contributed by atoms with Gasteiger partial charge in [0.1, 0.15) is 23.6 Å². The van der Waals surface area contributed by atoms with E-state index in [9.17, 15) is 30.0 Å². The van der Waals surface area contributed by atoms with E-state index >= 15 is 0 Å². The molecule has 11 heteroatoms. The predicted molar refractivity (Wildman–Crippen MR) is 147 cm³/mol. The number of hydrogen-bond donors (Lipinski definition) is 5. The van der Waals surface area contributed by atoms with E-state index in [1.54, 1.807) is 34.7 Å². The first-order chi connectivity index (χ1) is 18.5. The van der Waals surface area contributed by atoms with E-state index in [1.165, 1.54) is 27.9 Å². The molecule has 0 amide bonds. The maximum absolute atomic E-state index is 13.6. The van der Waals surface area contributed by atoms with E-state index in [4.69, 9.17) is 18.9 Å². The molecule has 2 rings (SSSR count). The van der Waals surface area contributed by atoms with Crippen molar-refractivity contribution in [2.45, 2.75) is 135 Å². The molecule has 0 radical (unpaired) electrons. The van der Waals surface area contributed by atoms with Crippen molar-refractivity contribution in [2.75, 3.05) is 14.2 Å². The lowest BCUT2D eigenvalue weighted by Gasteiger charge is -2.47. The summed E-state index contributed by atoms with van der Waals surface area (Å²) in [6.07, 6.45) is -6.30. The number of likely N-dealkylation sites (N-methyl/N-ethyl adjacent to an activating group) is 1. The van der Waals surface area contributed by atoms with Gasteiger partial charge in [-0.1, -0.05) is 27.7 Å². The highest BCUT2D eigenvalue weighted by molar-refractivity contribution is 5.83. The maximum atomic E-state index is 13.6. The molecule has 0 aromatic rings. The van der Waals surface area contributed by atoms with Crippen LogP contribution < -0.4 is 5.32 Å². The van der Waals surface area contributed by atoms with Gasteiger partial charge in [-0.05, 0) is 54.0 Å². The highest BCUT2D eigenvalue weighted by Gasteiger charge is 2.51. The fourth-order valence-electron chi connectivity index (χ4n) is 6.38. The summed E-state index contributed by atoms with van der Waals surface area (Å²) in [6, 6.07) is -0.295. The summed E-state index contributed by atoms with van der Waals surface area (Å²) in [5.74, 6) is -4.49. The van der Waals surface area contributed by atoms with Crippen LogP contribution in [0, 0.1) is 23.7 Å². The molecule has 0 spiro atoms. The first kappa shape index (κ1) is 35.0. The standard InChI is InChI=1S/C29H53NO10/c1-11-20-29(8,36)24(34)16(4)21(31)14(2)13-28(7,37-10)25(17(5)22(32)18(6)26(35)39-20)40-27-23(33)19(30-9)12-15(3)38-27/h14-20,22-25,27,30,32-34,36H,11-13H2,1-10H3/t14-,15+,16+,17-,18+,19?,20+,22-,23-,24-,25-,27-,28+,29?/m0/s1. The lowest BCUT2D eigenvalue weighted by molar-refractivity contribution is -0.296. The van der Waals surface area contributed by atoms with Crippen LogP contribution in [0.25, 0.3) is 0 Å². The van der Waals surface area contributed by atoms with Crippen molar-refractivity contribution in [3.05, 3.63) is 0 Å². The Bertz CT molecular complexity index is 855. The first-order valence-corrected chi connectivity index (χ1v) is 14.5. The second-order valence-corrected chi connectivity index (χ2v) is 12.4. The summed E-state index contributed by atoms with van der Waals surface area (Å²) in [6.45, 7) is 13.2. The number of ether oxygens (including phenoxy) is 4. The van der Waals surface area contributed by atoms with Crippen molar-refractivity contribution < 1.29 is 49.0 Å². The zero-order valence-electron chi connectivity index (χ0n) is 25.8. The quantitative estimate of drug-likeness (QED) is 0.299. The SMILES string of the molecule is CC[C@H]1OC(=O)[C@H](C)[C@@H](O)[C@H](C)[C@H](O[C@@H]2O[C@H](C)CC(NC)[C@@H]2O)[C@](C)(OC)C[C@H](C)C(=O)[C@@H](C)[C@H](O)C1(C)O. The number of cyclic esters (lactones) is 1. The molecule has 0 saturated carbocycles. The Labute approximate surface area is 238 Å². The number of methoxy groups -OCH3 is 1. The molecule has 5 N–H and O–H groups in total. The number of carbonyl (C=O) groups is 2. The van der Waals surface area contributed by atoms with Crippen LogP contribution >= 0.6 is 0 Å². The Hall–Kier alpha value is -1.18. The molecule has 2 heterocycles. The Morgan fingerprint density at radius 3 is 2.15 bits per heavy atom. The topological polar surface area (TPSA) is 164 Å². The smallest absolute Gasteiger partial charge is 0.311 e. The molecule has 11 nitrogen and oxygen atoms in total. The summed E-state index contributed by atoms with van der Waals surface area (Å²) in [7, 11) is 3.22. The van der Waals surface area contributed by atoms with Gasteiger partial charge in [0, 0.05) is 30.9 Å². The minimum atomic E-state index is -1.91. The molecule has 40 heavy (non-hydrogen) atoms. The van der Waals surface area contributed by atoms with Crippen molar-refractivity contribution >= 4 is 11.8 Å². The highest BCUT2D eigenvalue weighted by Crippen LogP contribution is 2.38. The third kappa shape index (κ3) is 7.23. The number of rotatable bonds is 5. The van der Waals surface area contributed by atoms with Crippen LogP contribution in [0.2, 0.25) is 0 Å². The van der Waals surface area contributed by atoms with Gasteiger partial charge in [0.2, 0.25) is 0 Å². The Morgan fingerprint density at radius 1 is 1.02 bits per heavy atom. The molecule has 2 fully saturated rings. The molecule has 2 aliphatic heterocycles. The van der Waals surface area contributed by atoms with Crippen LogP contribution in [0.4, 0.5) is 0 Å². The normalized spacial score (nSPS) is 48.4. The molecule has 0 aromatic carbocycles. The van der Waals surface area contributed by atoms with Gasteiger partial charge in [0.25, 0.3) is 0 Å². The molecule has 2 aliphatic rings. The Morgan fingerprint density at radius 2 is 1.62 bits per heavy atom. The molecule has 2 unspecified atom stereocenters. The van der Waals surface area contributed by atoms with Crippen LogP contribution in [0.3, 0.4) is 0 Å². The Balaban J connectivity index is 2.59. The number of Topliss-reactive ketones (excluding diaryl/α,β-unsaturated/α-hetero) is 1. The second-order valence-electron chi connectivity index (χ2n) is 12.4. The number of aliphatic hydroxyl groups excluding tert-OH is 3. The van der Waals surface area contributed by atoms with Gasteiger partial charge in [-0.15, -0.1) is 0 Å². The number of hydrogen-bond acceptors (Lipinski definition) is 11. The van der Waals surface area contributed by atoms with Crippen LogP contribution in [-0.2, 0) is 28.5 Å². The zero-order valence-corrected chi connectivity index (χ0v) is 25.8. The van der Waals surface area contributed by atoms with E-state index in [2.05, 4.69) is 5.32 Å². The summed E-state index contributed by atoms with van der Waals surface area (Å²) in [4.78, 5) is 26.8. The Kier molecular flexibility index (Phi) is 12.1. The minimum Gasteiger partial charge on any atom is -0.459 e. The van der Waals surface area contributed by atoms with Gasteiger partial charge in [-0.25, -0.2) is 0 Å². The molecular weight excluding hydrogens is 522 g/mol. The molecule has 0 bridgehead atoms. The summed E-state index contributed by atoms with van der Waals surface area (Å²) < 4.78 is 24.0. The van der Waals surface area contributed by atoms with Gasteiger partial charge in [0.15, 0.2) is 6.29 Å². The summed E-state index contributed by atoms with van der Waals surface area (Å²) >= 11 is 0. The summed E-state index contributed by atoms with van der Waals surface area (Å²) in [5, 5.41) is 47.9. The number of aliphatic hydroxyl groups is 4. The highest BCUT2D eigenvalue weighted by atomic mass is 16.7. The fraction of sp³-hybridized carbons (Fsp3) is 0.931.